The lowest BCUT2D eigenvalue weighted by Crippen LogP contribution is -2.42. The van der Waals surface area contributed by atoms with Crippen LogP contribution in [-0.4, -0.2) is 53.0 Å². The van der Waals surface area contributed by atoms with Gasteiger partial charge in [-0.2, -0.15) is 18.2 Å². The SMILES string of the molecule is COc1cccc(NC(=O)CN2C(=O)N(c3ccc(C(F)(F)F)nc3)C[C@@H]2C(C)C)n1. The van der Waals surface area contributed by atoms with Crippen LogP contribution in [0.3, 0.4) is 0 Å². The number of hydrogen-bond donors (Lipinski definition) is 1. The number of hydrogen-bond acceptors (Lipinski definition) is 5. The number of urea groups is 1. The van der Waals surface area contributed by atoms with Crippen LogP contribution >= 0.6 is 0 Å². The van der Waals surface area contributed by atoms with Crippen molar-refractivity contribution in [2.24, 2.45) is 5.92 Å². The monoisotopic (exact) mass is 437 g/mol. The molecule has 1 N–H and O–H groups in total. The minimum absolute atomic E-state index is 0.0131. The number of alkyl halides is 3. The minimum atomic E-state index is -4.56. The summed E-state index contributed by atoms with van der Waals surface area (Å²) in [5.41, 5.74) is -0.800. The van der Waals surface area contributed by atoms with Gasteiger partial charge in [0.25, 0.3) is 0 Å². The fourth-order valence-electron chi connectivity index (χ4n) is 3.28. The van der Waals surface area contributed by atoms with Gasteiger partial charge < -0.3 is 15.0 Å². The first-order chi connectivity index (χ1) is 14.6. The van der Waals surface area contributed by atoms with Gasteiger partial charge in [0.15, 0.2) is 0 Å². The number of methoxy groups -OCH3 is 1. The molecule has 3 amide bonds. The van der Waals surface area contributed by atoms with Gasteiger partial charge in [0.1, 0.15) is 18.1 Å². The number of anilines is 2. The molecule has 3 heterocycles. The summed E-state index contributed by atoms with van der Waals surface area (Å²) in [5.74, 6) is 0.170. The van der Waals surface area contributed by atoms with E-state index in [2.05, 4.69) is 15.3 Å². The molecule has 0 radical (unpaired) electrons. The van der Waals surface area contributed by atoms with Crippen molar-refractivity contribution in [3.63, 3.8) is 0 Å². The van der Waals surface area contributed by atoms with Gasteiger partial charge in [0.2, 0.25) is 11.8 Å². The maximum atomic E-state index is 13.0. The number of amides is 3. The molecule has 0 unspecified atom stereocenters. The van der Waals surface area contributed by atoms with E-state index in [4.69, 9.17) is 4.74 Å². The van der Waals surface area contributed by atoms with Crippen LogP contribution in [0, 0.1) is 5.92 Å². The Morgan fingerprint density at radius 1 is 1.29 bits per heavy atom. The standard InChI is InChI=1S/C20H22F3N5O3/c1-12(2)14-10-27(13-7-8-15(24-9-13)20(21,22)23)19(30)28(14)11-17(29)25-16-5-4-6-18(26-16)31-3/h4-9,12,14H,10-11H2,1-3H3,(H,25,26,29)/t14-/m1/s1. The molecular weight excluding hydrogens is 415 g/mol. The van der Waals surface area contributed by atoms with Crippen LogP contribution in [0.4, 0.5) is 29.5 Å². The van der Waals surface area contributed by atoms with Crippen molar-refractivity contribution in [3.8, 4) is 5.88 Å². The van der Waals surface area contributed by atoms with Gasteiger partial charge in [-0.3, -0.25) is 9.69 Å². The molecule has 31 heavy (non-hydrogen) atoms. The van der Waals surface area contributed by atoms with Gasteiger partial charge in [-0.1, -0.05) is 19.9 Å². The molecule has 2 aromatic rings. The van der Waals surface area contributed by atoms with Gasteiger partial charge in [-0.15, -0.1) is 0 Å². The Morgan fingerprint density at radius 2 is 2.03 bits per heavy atom. The zero-order valence-corrected chi connectivity index (χ0v) is 17.2. The zero-order chi connectivity index (χ0) is 22.8. The van der Waals surface area contributed by atoms with Crippen molar-refractivity contribution < 1.29 is 27.5 Å². The van der Waals surface area contributed by atoms with Crippen LogP contribution < -0.4 is 15.0 Å². The van der Waals surface area contributed by atoms with Gasteiger partial charge in [-0.25, -0.2) is 9.78 Å². The molecule has 8 nitrogen and oxygen atoms in total. The molecule has 3 rings (SSSR count). The second kappa shape index (κ2) is 8.78. The maximum Gasteiger partial charge on any atom is 0.433 e. The van der Waals surface area contributed by atoms with Crippen molar-refractivity contribution in [1.82, 2.24) is 14.9 Å². The highest BCUT2D eigenvalue weighted by molar-refractivity contribution is 5.99. The van der Waals surface area contributed by atoms with E-state index >= 15 is 0 Å². The zero-order valence-electron chi connectivity index (χ0n) is 17.2. The van der Waals surface area contributed by atoms with Gasteiger partial charge in [0.05, 0.1) is 25.0 Å². The summed E-state index contributed by atoms with van der Waals surface area (Å²) in [7, 11) is 1.45. The van der Waals surface area contributed by atoms with Crippen LogP contribution in [0.15, 0.2) is 36.5 Å². The Kier molecular flexibility index (Phi) is 6.32. The topological polar surface area (TPSA) is 87.7 Å². The Hall–Kier alpha value is -3.37. The molecule has 166 valence electrons. The molecule has 1 fully saturated rings. The summed E-state index contributed by atoms with van der Waals surface area (Å²) in [4.78, 5) is 35.8. The fraction of sp³-hybridized carbons (Fsp3) is 0.400. The highest BCUT2D eigenvalue weighted by Crippen LogP contribution is 2.31. The van der Waals surface area contributed by atoms with Gasteiger partial charge in [0, 0.05) is 12.6 Å². The summed E-state index contributed by atoms with van der Waals surface area (Å²) in [6.07, 6.45) is -3.55. The molecule has 1 saturated heterocycles. The van der Waals surface area contributed by atoms with E-state index in [1.165, 1.54) is 23.0 Å². The number of ether oxygens (including phenoxy) is 1. The third-order valence-electron chi connectivity index (χ3n) is 4.88. The number of carbonyl (C=O) groups excluding carboxylic acids is 2. The molecule has 1 atom stereocenters. The van der Waals surface area contributed by atoms with E-state index in [0.29, 0.717) is 5.88 Å². The van der Waals surface area contributed by atoms with Crippen LogP contribution in [0.1, 0.15) is 19.5 Å². The number of nitrogens with one attached hydrogen (secondary N) is 1. The second-order valence-corrected chi connectivity index (χ2v) is 7.35. The average Bonchev–Trinajstić information content (AvgIpc) is 3.04. The summed E-state index contributed by atoms with van der Waals surface area (Å²) < 4.78 is 43.3. The predicted octanol–water partition coefficient (Wildman–Crippen LogP) is 3.41. The third kappa shape index (κ3) is 5.04. The van der Waals surface area contributed by atoms with E-state index in [1.807, 2.05) is 13.8 Å². The number of nitrogens with zero attached hydrogens (tertiary/aromatic N) is 4. The molecule has 0 aromatic carbocycles. The first-order valence-electron chi connectivity index (χ1n) is 9.52. The van der Waals surface area contributed by atoms with Crippen molar-refractivity contribution in [1.29, 1.82) is 0 Å². The first kappa shape index (κ1) is 22.3. The lowest BCUT2D eigenvalue weighted by atomic mass is 10.0. The molecule has 0 bridgehead atoms. The molecule has 2 aromatic heterocycles. The van der Waals surface area contributed by atoms with E-state index in [0.717, 1.165) is 12.3 Å². The number of halogens is 3. The molecule has 0 spiro atoms. The number of carbonyl (C=O) groups is 2. The van der Waals surface area contributed by atoms with Crippen LogP contribution in [0.2, 0.25) is 0 Å². The summed E-state index contributed by atoms with van der Waals surface area (Å²) >= 11 is 0. The smallest absolute Gasteiger partial charge is 0.433 e. The predicted molar refractivity (Wildman–Crippen MR) is 107 cm³/mol. The van der Waals surface area contributed by atoms with Crippen LogP contribution in [0.25, 0.3) is 0 Å². The highest BCUT2D eigenvalue weighted by atomic mass is 19.4. The fourth-order valence-corrected chi connectivity index (χ4v) is 3.28. The Labute approximate surface area is 177 Å². The first-order valence-corrected chi connectivity index (χ1v) is 9.52. The lowest BCUT2D eigenvalue weighted by Gasteiger charge is -2.25. The maximum absolute atomic E-state index is 13.0. The largest absolute Gasteiger partial charge is 0.481 e. The molecule has 1 aliphatic heterocycles. The van der Waals surface area contributed by atoms with Crippen molar-refractivity contribution in [3.05, 3.63) is 42.2 Å². The van der Waals surface area contributed by atoms with E-state index in [1.54, 1.807) is 18.2 Å². The number of rotatable bonds is 6. The molecule has 1 aliphatic rings. The minimum Gasteiger partial charge on any atom is -0.481 e. The summed E-state index contributed by atoms with van der Waals surface area (Å²) in [5, 5.41) is 2.62. The van der Waals surface area contributed by atoms with Crippen molar-refractivity contribution in [2.45, 2.75) is 26.1 Å². The quantitative estimate of drug-likeness (QED) is 0.749. The van der Waals surface area contributed by atoms with Crippen molar-refractivity contribution >= 4 is 23.4 Å². The number of aromatic nitrogens is 2. The van der Waals surface area contributed by atoms with Gasteiger partial charge in [-0.05, 0) is 24.1 Å². The Morgan fingerprint density at radius 3 is 2.61 bits per heavy atom. The third-order valence-corrected chi connectivity index (χ3v) is 4.88. The Balaban J connectivity index is 1.75. The average molecular weight is 437 g/mol. The molecular formula is C20H22F3N5O3. The lowest BCUT2D eigenvalue weighted by molar-refractivity contribution is -0.141. The van der Waals surface area contributed by atoms with E-state index in [-0.39, 0.29) is 36.6 Å². The molecule has 11 heteroatoms. The highest BCUT2D eigenvalue weighted by Gasteiger charge is 2.41. The molecule has 0 saturated carbocycles. The van der Waals surface area contributed by atoms with Crippen LogP contribution in [-0.2, 0) is 11.0 Å². The van der Waals surface area contributed by atoms with E-state index < -0.39 is 23.8 Å². The second-order valence-electron chi connectivity index (χ2n) is 7.35. The normalized spacial score (nSPS) is 16.7. The molecule has 0 aliphatic carbocycles. The van der Waals surface area contributed by atoms with Crippen LogP contribution in [0.5, 0.6) is 5.88 Å². The Bertz CT molecular complexity index is 950. The van der Waals surface area contributed by atoms with Crippen molar-refractivity contribution in [2.75, 3.05) is 30.4 Å². The van der Waals surface area contributed by atoms with E-state index in [9.17, 15) is 22.8 Å². The summed E-state index contributed by atoms with van der Waals surface area (Å²) in [6, 6.07) is 6.13. The summed E-state index contributed by atoms with van der Waals surface area (Å²) in [6.45, 7) is 3.81. The number of pyridine rings is 2. The van der Waals surface area contributed by atoms with Gasteiger partial charge >= 0.3 is 12.2 Å².